The van der Waals surface area contributed by atoms with Crippen molar-refractivity contribution in [2.45, 2.75) is 57.5 Å². The van der Waals surface area contributed by atoms with Crippen LogP contribution in [0.2, 0.25) is 0 Å². The number of nitrogens with zero attached hydrogens (tertiary/aromatic N) is 1. The summed E-state index contributed by atoms with van der Waals surface area (Å²) in [5.41, 5.74) is 0.199. The van der Waals surface area contributed by atoms with Crippen LogP contribution < -0.4 is 5.32 Å². The van der Waals surface area contributed by atoms with E-state index >= 15 is 0 Å². The summed E-state index contributed by atoms with van der Waals surface area (Å²) in [5.74, 6) is 0.0312. The predicted molar refractivity (Wildman–Crippen MR) is 73.8 cm³/mol. The van der Waals surface area contributed by atoms with E-state index in [1.165, 1.54) is 25.7 Å². The summed E-state index contributed by atoms with van der Waals surface area (Å²) in [6, 6.07) is 0.0385. The van der Waals surface area contributed by atoms with Gasteiger partial charge in [-0.15, -0.1) is 0 Å². The van der Waals surface area contributed by atoms with Crippen LogP contribution in [0.3, 0.4) is 0 Å². The number of likely N-dealkylation sites (N-methyl/N-ethyl adjacent to an activating group) is 1. The molecule has 106 valence electrons. The maximum atomic E-state index is 10.7. The van der Waals surface area contributed by atoms with Crippen molar-refractivity contribution in [3.8, 4) is 0 Å². The molecule has 0 bridgehead atoms. The Kier molecular flexibility index (Phi) is 5.60. The molecule has 0 amide bonds. The summed E-state index contributed by atoms with van der Waals surface area (Å²) in [5, 5.41) is 12.2. The molecule has 0 saturated heterocycles. The average molecular weight is 256 g/mol. The second-order valence-electron chi connectivity index (χ2n) is 6.20. The van der Waals surface area contributed by atoms with Crippen LogP contribution in [0.1, 0.15) is 46.0 Å². The molecule has 0 aliphatic heterocycles. The summed E-state index contributed by atoms with van der Waals surface area (Å²) in [7, 11) is 4.28. The van der Waals surface area contributed by atoms with Crippen molar-refractivity contribution in [1.29, 1.82) is 0 Å². The highest BCUT2D eigenvalue weighted by Crippen LogP contribution is 2.35. The van der Waals surface area contributed by atoms with Gasteiger partial charge in [-0.3, -0.25) is 4.79 Å². The van der Waals surface area contributed by atoms with Gasteiger partial charge in [0.2, 0.25) is 0 Å². The Morgan fingerprint density at radius 2 is 2.22 bits per heavy atom. The number of carboxylic acids is 1. The second kappa shape index (κ2) is 6.53. The Morgan fingerprint density at radius 1 is 1.56 bits per heavy atom. The summed E-state index contributed by atoms with van der Waals surface area (Å²) < 4.78 is 0. The molecule has 0 aromatic heterocycles. The first-order valence-corrected chi connectivity index (χ1v) is 6.98. The van der Waals surface area contributed by atoms with Gasteiger partial charge in [0.1, 0.15) is 0 Å². The first kappa shape index (κ1) is 15.4. The number of hydrogen-bond acceptors (Lipinski definition) is 3. The number of aliphatic carboxylic acids is 1. The van der Waals surface area contributed by atoms with E-state index in [4.69, 9.17) is 5.11 Å². The highest BCUT2D eigenvalue weighted by atomic mass is 16.4. The standard InChI is InChI=1S/C14H28N2O2/c1-11-6-5-7-14(9-11,16(3)4)10-15-12(2)8-13(17)18/h11-12,15H,5-10H2,1-4H3,(H,17,18). The second-order valence-corrected chi connectivity index (χ2v) is 6.20. The molecule has 3 unspecified atom stereocenters. The van der Waals surface area contributed by atoms with E-state index in [1.807, 2.05) is 6.92 Å². The molecule has 0 radical (unpaired) electrons. The zero-order valence-corrected chi connectivity index (χ0v) is 12.2. The van der Waals surface area contributed by atoms with Crippen molar-refractivity contribution < 1.29 is 9.90 Å². The Balaban J connectivity index is 2.55. The van der Waals surface area contributed by atoms with Crippen molar-refractivity contribution in [2.75, 3.05) is 20.6 Å². The molecule has 1 aliphatic rings. The Bertz CT molecular complexity index is 281. The first-order valence-electron chi connectivity index (χ1n) is 6.98. The fourth-order valence-corrected chi connectivity index (χ4v) is 3.06. The zero-order valence-electron chi connectivity index (χ0n) is 12.2. The number of carboxylic acid groups (broad SMARTS) is 1. The van der Waals surface area contributed by atoms with Crippen LogP contribution in [-0.2, 0) is 4.79 Å². The Labute approximate surface area is 111 Å². The minimum Gasteiger partial charge on any atom is -0.481 e. The molecule has 1 rings (SSSR count). The van der Waals surface area contributed by atoms with Gasteiger partial charge in [-0.2, -0.15) is 0 Å². The summed E-state index contributed by atoms with van der Waals surface area (Å²) in [4.78, 5) is 13.0. The molecule has 2 N–H and O–H groups in total. The normalized spacial score (nSPS) is 30.4. The minimum absolute atomic E-state index is 0.0385. The maximum Gasteiger partial charge on any atom is 0.304 e. The maximum absolute atomic E-state index is 10.7. The quantitative estimate of drug-likeness (QED) is 0.762. The molecule has 0 aromatic carbocycles. The molecule has 0 heterocycles. The summed E-state index contributed by atoms with van der Waals surface area (Å²) in [6.07, 6.45) is 5.19. The van der Waals surface area contributed by atoms with Crippen molar-refractivity contribution in [3.63, 3.8) is 0 Å². The molecular formula is C14H28N2O2. The molecule has 1 fully saturated rings. The van der Waals surface area contributed by atoms with Crippen LogP contribution in [0.25, 0.3) is 0 Å². The SMILES string of the molecule is CC1CCCC(CNC(C)CC(=O)O)(N(C)C)C1. The highest BCUT2D eigenvalue weighted by Gasteiger charge is 2.36. The van der Waals surface area contributed by atoms with Gasteiger partial charge in [0.05, 0.1) is 6.42 Å². The highest BCUT2D eigenvalue weighted by molar-refractivity contribution is 5.67. The summed E-state index contributed by atoms with van der Waals surface area (Å²) in [6.45, 7) is 5.15. The van der Waals surface area contributed by atoms with E-state index in [9.17, 15) is 4.79 Å². The van der Waals surface area contributed by atoms with Crippen LogP contribution >= 0.6 is 0 Å². The third kappa shape index (κ3) is 4.25. The van der Waals surface area contributed by atoms with Crippen LogP contribution in [0, 0.1) is 5.92 Å². The Hall–Kier alpha value is -0.610. The third-order valence-corrected chi connectivity index (χ3v) is 4.28. The van der Waals surface area contributed by atoms with Gasteiger partial charge in [0, 0.05) is 18.1 Å². The lowest BCUT2D eigenvalue weighted by molar-refractivity contribution is -0.137. The van der Waals surface area contributed by atoms with Gasteiger partial charge in [-0.25, -0.2) is 0 Å². The molecule has 4 nitrogen and oxygen atoms in total. The van der Waals surface area contributed by atoms with Gasteiger partial charge >= 0.3 is 5.97 Å². The fraction of sp³-hybridized carbons (Fsp3) is 0.929. The van der Waals surface area contributed by atoms with Crippen molar-refractivity contribution in [3.05, 3.63) is 0 Å². The average Bonchev–Trinajstić information content (AvgIpc) is 2.25. The van der Waals surface area contributed by atoms with Gasteiger partial charge in [0.15, 0.2) is 0 Å². The number of carbonyl (C=O) groups is 1. The number of rotatable bonds is 6. The van der Waals surface area contributed by atoms with E-state index < -0.39 is 5.97 Å². The molecule has 18 heavy (non-hydrogen) atoms. The van der Waals surface area contributed by atoms with E-state index in [1.54, 1.807) is 0 Å². The molecular weight excluding hydrogens is 228 g/mol. The van der Waals surface area contributed by atoms with Crippen LogP contribution in [-0.4, -0.2) is 48.2 Å². The monoisotopic (exact) mass is 256 g/mol. The number of hydrogen-bond donors (Lipinski definition) is 2. The van der Waals surface area contributed by atoms with Gasteiger partial charge in [-0.05, 0) is 39.8 Å². The molecule has 1 saturated carbocycles. The summed E-state index contributed by atoms with van der Waals surface area (Å²) >= 11 is 0. The topological polar surface area (TPSA) is 52.6 Å². The predicted octanol–water partition coefficient (Wildman–Crippen LogP) is 1.95. The van der Waals surface area contributed by atoms with Crippen LogP contribution in [0.15, 0.2) is 0 Å². The van der Waals surface area contributed by atoms with E-state index in [2.05, 4.69) is 31.2 Å². The largest absolute Gasteiger partial charge is 0.481 e. The van der Waals surface area contributed by atoms with Crippen molar-refractivity contribution in [1.82, 2.24) is 10.2 Å². The van der Waals surface area contributed by atoms with E-state index in [0.717, 1.165) is 12.5 Å². The van der Waals surface area contributed by atoms with Gasteiger partial charge in [-0.1, -0.05) is 19.8 Å². The molecule has 0 spiro atoms. The first-order chi connectivity index (χ1) is 8.35. The number of nitrogens with one attached hydrogen (secondary N) is 1. The van der Waals surface area contributed by atoms with Crippen LogP contribution in [0.5, 0.6) is 0 Å². The van der Waals surface area contributed by atoms with Crippen molar-refractivity contribution >= 4 is 5.97 Å². The fourth-order valence-electron chi connectivity index (χ4n) is 3.06. The van der Waals surface area contributed by atoms with Crippen LogP contribution in [0.4, 0.5) is 0 Å². The van der Waals surface area contributed by atoms with E-state index in [-0.39, 0.29) is 18.0 Å². The lowest BCUT2D eigenvalue weighted by Gasteiger charge is -2.46. The Morgan fingerprint density at radius 3 is 2.72 bits per heavy atom. The molecule has 1 aliphatic carbocycles. The smallest absolute Gasteiger partial charge is 0.304 e. The zero-order chi connectivity index (χ0) is 13.8. The molecule has 4 heteroatoms. The lowest BCUT2D eigenvalue weighted by Crippen LogP contribution is -2.55. The van der Waals surface area contributed by atoms with E-state index in [0.29, 0.717) is 0 Å². The molecule has 0 aromatic rings. The van der Waals surface area contributed by atoms with Gasteiger partial charge in [0.25, 0.3) is 0 Å². The third-order valence-electron chi connectivity index (χ3n) is 4.28. The molecule has 3 atom stereocenters. The van der Waals surface area contributed by atoms with Gasteiger partial charge < -0.3 is 15.3 Å². The van der Waals surface area contributed by atoms with Crippen molar-refractivity contribution in [2.24, 2.45) is 5.92 Å². The lowest BCUT2D eigenvalue weighted by atomic mass is 9.75. The minimum atomic E-state index is -0.731.